The Balaban J connectivity index is 2.25. The van der Waals surface area contributed by atoms with E-state index in [-0.39, 0.29) is 29.7 Å². The van der Waals surface area contributed by atoms with E-state index in [0.29, 0.717) is 6.54 Å². The van der Waals surface area contributed by atoms with Gasteiger partial charge >= 0.3 is 10.1 Å². The zero-order chi connectivity index (χ0) is 20.9. The van der Waals surface area contributed by atoms with Gasteiger partial charge < -0.3 is 9.08 Å². The minimum Gasteiger partial charge on any atom is -0.382 e. The summed E-state index contributed by atoms with van der Waals surface area (Å²) in [4.78, 5) is 14.5. The molecule has 0 aliphatic heterocycles. The Morgan fingerprint density at radius 3 is 2.36 bits per heavy atom. The third kappa shape index (κ3) is 6.05. The molecule has 0 atom stereocenters. The van der Waals surface area contributed by atoms with Gasteiger partial charge in [-0.2, -0.15) is 8.42 Å². The highest BCUT2D eigenvalue weighted by Crippen LogP contribution is 2.20. The number of amides is 1. The summed E-state index contributed by atoms with van der Waals surface area (Å²) in [6.07, 6.45) is 0. The summed E-state index contributed by atoms with van der Waals surface area (Å²) in [6.45, 7) is 7.79. The van der Waals surface area contributed by atoms with Crippen LogP contribution in [-0.2, 0) is 16.7 Å². The van der Waals surface area contributed by atoms with E-state index < -0.39 is 21.2 Å². The SMILES string of the molecule is CC(C)CN(Cc1cccc(OS(=O)(=O)C(C)C)c1)C(=O)c1cccc(F)c1. The maximum Gasteiger partial charge on any atom is 0.311 e. The summed E-state index contributed by atoms with van der Waals surface area (Å²) in [5, 5.41) is -0.664. The van der Waals surface area contributed by atoms with E-state index in [2.05, 4.69) is 0 Å². The van der Waals surface area contributed by atoms with Crippen LogP contribution in [-0.4, -0.2) is 31.0 Å². The second kappa shape index (κ2) is 9.19. The fourth-order valence-electron chi connectivity index (χ4n) is 2.61. The van der Waals surface area contributed by atoms with Gasteiger partial charge in [-0.25, -0.2) is 4.39 Å². The van der Waals surface area contributed by atoms with Crippen LogP contribution in [0.3, 0.4) is 0 Å². The average Bonchev–Trinajstić information content (AvgIpc) is 2.60. The van der Waals surface area contributed by atoms with Gasteiger partial charge in [-0.05, 0) is 55.7 Å². The molecule has 0 N–H and O–H groups in total. The number of carbonyl (C=O) groups excluding carboxylic acids is 1. The summed E-state index contributed by atoms with van der Waals surface area (Å²) in [6, 6.07) is 12.2. The number of benzene rings is 2. The van der Waals surface area contributed by atoms with Gasteiger partial charge in [-0.15, -0.1) is 0 Å². The molecule has 0 unspecified atom stereocenters. The first-order valence-corrected chi connectivity index (χ1v) is 10.6. The van der Waals surface area contributed by atoms with Gasteiger partial charge in [0.2, 0.25) is 0 Å². The van der Waals surface area contributed by atoms with Crippen molar-refractivity contribution >= 4 is 16.0 Å². The Hall–Kier alpha value is -2.41. The molecule has 28 heavy (non-hydrogen) atoms. The van der Waals surface area contributed by atoms with E-state index in [1.807, 2.05) is 13.8 Å². The molecular weight excluding hydrogens is 381 g/mol. The first-order chi connectivity index (χ1) is 13.1. The monoisotopic (exact) mass is 407 g/mol. The van der Waals surface area contributed by atoms with Crippen LogP contribution >= 0.6 is 0 Å². The van der Waals surface area contributed by atoms with Crippen LogP contribution in [0.1, 0.15) is 43.6 Å². The summed E-state index contributed by atoms with van der Waals surface area (Å²) in [5.41, 5.74) is 0.997. The lowest BCUT2D eigenvalue weighted by atomic mass is 10.1. The fraction of sp³-hybridized carbons (Fsp3) is 0.381. The van der Waals surface area contributed by atoms with Crippen LogP contribution in [0.2, 0.25) is 0 Å². The van der Waals surface area contributed by atoms with E-state index in [0.717, 1.165) is 5.56 Å². The lowest BCUT2D eigenvalue weighted by molar-refractivity contribution is 0.0722. The quantitative estimate of drug-likeness (QED) is 0.614. The summed E-state index contributed by atoms with van der Waals surface area (Å²) >= 11 is 0. The van der Waals surface area contributed by atoms with Crippen molar-refractivity contribution in [1.82, 2.24) is 4.90 Å². The van der Waals surface area contributed by atoms with Crippen molar-refractivity contribution in [1.29, 1.82) is 0 Å². The molecular formula is C21H26FNO4S. The van der Waals surface area contributed by atoms with Gasteiger partial charge in [-0.1, -0.05) is 32.0 Å². The van der Waals surface area contributed by atoms with Crippen LogP contribution in [0.4, 0.5) is 4.39 Å². The smallest absolute Gasteiger partial charge is 0.311 e. The first kappa shape index (κ1) is 21.9. The normalized spacial score (nSPS) is 11.7. The predicted octanol–water partition coefficient (Wildman–Crippen LogP) is 4.24. The molecule has 0 radical (unpaired) electrons. The van der Waals surface area contributed by atoms with E-state index in [4.69, 9.17) is 4.18 Å². The van der Waals surface area contributed by atoms with Crippen molar-refractivity contribution in [3.05, 3.63) is 65.5 Å². The first-order valence-electron chi connectivity index (χ1n) is 9.15. The van der Waals surface area contributed by atoms with Crippen LogP contribution in [0.15, 0.2) is 48.5 Å². The summed E-state index contributed by atoms with van der Waals surface area (Å²) in [7, 11) is -3.70. The van der Waals surface area contributed by atoms with Crippen LogP contribution in [0.25, 0.3) is 0 Å². The molecule has 1 amide bonds. The maximum atomic E-state index is 13.5. The van der Waals surface area contributed by atoms with E-state index in [9.17, 15) is 17.6 Å². The molecule has 0 aliphatic carbocycles. The van der Waals surface area contributed by atoms with Crippen LogP contribution in [0.5, 0.6) is 5.75 Å². The van der Waals surface area contributed by atoms with Crippen molar-refractivity contribution in [2.24, 2.45) is 5.92 Å². The highest BCUT2D eigenvalue weighted by molar-refractivity contribution is 7.87. The number of rotatable bonds is 8. The minimum atomic E-state index is -3.70. The third-order valence-corrected chi connectivity index (χ3v) is 5.59. The molecule has 0 bridgehead atoms. The average molecular weight is 408 g/mol. The van der Waals surface area contributed by atoms with Crippen molar-refractivity contribution in [3.8, 4) is 5.75 Å². The van der Waals surface area contributed by atoms with E-state index in [1.165, 1.54) is 18.2 Å². The Kier molecular flexibility index (Phi) is 7.18. The summed E-state index contributed by atoms with van der Waals surface area (Å²) < 4.78 is 42.6. The van der Waals surface area contributed by atoms with Gasteiger partial charge in [0.05, 0.1) is 5.25 Å². The van der Waals surface area contributed by atoms with Gasteiger partial charge in [0.15, 0.2) is 0 Å². The van der Waals surface area contributed by atoms with Gasteiger partial charge in [0, 0.05) is 18.7 Å². The van der Waals surface area contributed by atoms with Crippen molar-refractivity contribution in [3.63, 3.8) is 0 Å². The molecule has 0 fully saturated rings. The van der Waals surface area contributed by atoms with Crippen molar-refractivity contribution in [2.75, 3.05) is 6.54 Å². The van der Waals surface area contributed by atoms with Gasteiger partial charge in [-0.3, -0.25) is 4.79 Å². The van der Waals surface area contributed by atoms with E-state index >= 15 is 0 Å². The molecule has 7 heteroatoms. The second-order valence-electron chi connectivity index (χ2n) is 7.36. The highest BCUT2D eigenvalue weighted by atomic mass is 32.2. The zero-order valence-electron chi connectivity index (χ0n) is 16.6. The van der Waals surface area contributed by atoms with Gasteiger partial charge in [0.25, 0.3) is 5.91 Å². The number of nitrogens with zero attached hydrogens (tertiary/aromatic N) is 1. The minimum absolute atomic E-state index is 0.203. The lowest BCUT2D eigenvalue weighted by Crippen LogP contribution is -2.33. The Morgan fingerprint density at radius 1 is 1.07 bits per heavy atom. The number of carbonyl (C=O) groups is 1. The molecule has 152 valence electrons. The topological polar surface area (TPSA) is 63.7 Å². The van der Waals surface area contributed by atoms with Crippen LogP contribution in [0, 0.1) is 11.7 Å². The summed E-state index contributed by atoms with van der Waals surface area (Å²) in [5.74, 6) is -0.342. The molecule has 0 spiro atoms. The fourth-order valence-corrected chi connectivity index (χ4v) is 3.17. The van der Waals surface area contributed by atoms with Crippen LogP contribution < -0.4 is 4.18 Å². The number of halogens is 1. The van der Waals surface area contributed by atoms with Crippen molar-refractivity contribution in [2.45, 2.75) is 39.5 Å². The Morgan fingerprint density at radius 2 is 1.75 bits per heavy atom. The number of hydrogen-bond donors (Lipinski definition) is 0. The highest BCUT2D eigenvalue weighted by Gasteiger charge is 2.20. The maximum absolute atomic E-state index is 13.5. The molecule has 0 aliphatic rings. The molecule has 0 saturated heterocycles. The molecule has 2 aromatic carbocycles. The number of hydrogen-bond acceptors (Lipinski definition) is 4. The Labute approximate surface area is 166 Å². The molecule has 2 aromatic rings. The molecule has 2 rings (SSSR count). The molecule has 0 aromatic heterocycles. The molecule has 0 heterocycles. The largest absolute Gasteiger partial charge is 0.382 e. The van der Waals surface area contributed by atoms with Gasteiger partial charge in [0.1, 0.15) is 11.6 Å². The standard InChI is InChI=1S/C21H26FNO4S/c1-15(2)13-23(21(24)18-8-6-9-19(22)12-18)14-17-7-5-10-20(11-17)27-28(25,26)16(3)4/h5-12,15-16H,13-14H2,1-4H3. The van der Waals surface area contributed by atoms with Crippen molar-refractivity contribution < 1.29 is 21.8 Å². The lowest BCUT2D eigenvalue weighted by Gasteiger charge is -2.25. The molecule has 5 nitrogen and oxygen atoms in total. The third-order valence-electron chi connectivity index (χ3n) is 4.01. The zero-order valence-corrected chi connectivity index (χ0v) is 17.4. The van der Waals surface area contributed by atoms with E-state index in [1.54, 1.807) is 49.1 Å². The predicted molar refractivity (Wildman–Crippen MR) is 107 cm³/mol. The second-order valence-corrected chi connectivity index (χ2v) is 9.46. The Bertz CT molecular complexity index is 926. The molecule has 0 saturated carbocycles.